The smallest absolute Gasteiger partial charge is 0.416 e. The molecule has 0 aliphatic rings. The van der Waals surface area contributed by atoms with Gasteiger partial charge in [0.1, 0.15) is 11.6 Å². The molecule has 0 aliphatic heterocycles. The molecule has 9 heteroatoms. The molecule has 1 atom stereocenters. The monoisotopic (exact) mass is 541 g/mol. The van der Waals surface area contributed by atoms with E-state index in [-0.39, 0.29) is 5.75 Å². The predicted molar refractivity (Wildman–Crippen MR) is 152 cm³/mol. The number of phenolic OH excluding ortho intramolecular Hbond substituents is 1. The summed E-state index contributed by atoms with van der Waals surface area (Å²) in [7, 11) is 1.86. The summed E-state index contributed by atoms with van der Waals surface area (Å²) in [6.45, 7) is 7.08. The normalized spacial score (nSPS) is 12.1. The van der Waals surface area contributed by atoms with Crippen LogP contribution in [0.25, 0.3) is 16.9 Å². The van der Waals surface area contributed by atoms with Crippen LogP contribution < -0.4 is 10.6 Å². The molecule has 39 heavy (non-hydrogen) atoms. The van der Waals surface area contributed by atoms with Gasteiger partial charge in [0.25, 0.3) is 0 Å². The molecule has 0 radical (unpaired) electrons. The summed E-state index contributed by atoms with van der Waals surface area (Å²) in [5, 5.41) is 21.4. The molecule has 6 nitrogen and oxygen atoms in total. The quantitative estimate of drug-likeness (QED) is 0.189. The number of benzene rings is 2. The molecule has 0 aliphatic carbocycles. The van der Waals surface area contributed by atoms with Gasteiger partial charge in [-0.25, -0.2) is 4.98 Å². The summed E-state index contributed by atoms with van der Waals surface area (Å²) in [4.78, 5) is 4.73. The molecule has 1 unspecified atom stereocenters. The second kappa shape index (κ2) is 13.9. The van der Waals surface area contributed by atoms with Crippen molar-refractivity contribution in [2.45, 2.75) is 59.1 Å². The molecule has 0 amide bonds. The van der Waals surface area contributed by atoms with E-state index < -0.39 is 11.7 Å². The zero-order valence-corrected chi connectivity index (χ0v) is 23.0. The number of anilines is 2. The Balaban J connectivity index is 0.000000293. The van der Waals surface area contributed by atoms with Gasteiger partial charge in [-0.15, -0.1) is 0 Å². The second-order valence-corrected chi connectivity index (χ2v) is 9.39. The van der Waals surface area contributed by atoms with Crippen molar-refractivity contribution >= 4 is 17.2 Å². The van der Waals surface area contributed by atoms with E-state index in [2.05, 4.69) is 29.6 Å². The first-order valence-electron chi connectivity index (χ1n) is 13.5. The van der Waals surface area contributed by atoms with Gasteiger partial charge in [-0.05, 0) is 42.5 Å². The molecule has 2 aromatic carbocycles. The minimum Gasteiger partial charge on any atom is -0.507 e. The van der Waals surface area contributed by atoms with Crippen molar-refractivity contribution in [2.75, 3.05) is 24.2 Å². The zero-order valence-electron chi connectivity index (χ0n) is 23.0. The van der Waals surface area contributed by atoms with Crippen LogP contribution in [0.4, 0.5) is 24.7 Å². The molecule has 0 saturated carbocycles. The van der Waals surface area contributed by atoms with Crippen molar-refractivity contribution in [1.82, 2.24) is 14.6 Å². The lowest BCUT2D eigenvalue weighted by Crippen LogP contribution is -2.16. The summed E-state index contributed by atoms with van der Waals surface area (Å²) in [6, 6.07) is 14.9. The molecule has 0 spiro atoms. The number of nitrogens with zero attached hydrogens (tertiary/aromatic N) is 3. The third-order valence-electron chi connectivity index (χ3n) is 6.74. The fourth-order valence-corrected chi connectivity index (χ4v) is 4.39. The Bertz CT molecular complexity index is 1340. The number of fused-ring (bicyclic) bond motifs is 1. The van der Waals surface area contributed by atoms with Crippen LogP contribution in [-0.4, -0.2) is 33.3 Å². The minimum absolute atomic E-state index is 0.222. The summed E-state index contributed by atoms with van der Waals surface area (Å²) in [5.41, 5.74) is 2.86. The number of aromatic hydroxyl groups is 1. The van der Waals surface area contributed by atoms with E-state index in [0.29, 0.717) is 23.5 Å². The maximum atomic E-state index is 12.2. The first-order chi connectivity index (χ1) is 18.7. The number of unbranched alkanes of at least 4 members (excludes halogenated alkanes) is 1. The number of alkyl halides is 3. The third-order valence-corrected chi connectivity index (χ3v) is 6.74. The van der Waals surface area contributed by atoms with Crippen molar-refractivity contribution in [2.24, 2.45) is 5.92 Å². The highest BCUT2D eigenvalue weighted by atomic mass is 19.4. The van der Waals surface area contributed by atoms with Crippen LogP contribution in [0.1, 0.15) is 57.6 Å². The Morgan fingerprint density at radius 1 is 1.03 bits per heavy atom. The van der Waals surface area contributed by atoms with E-state index in [0.717, 1.165) is 41.9 Å². The Kier molecular flexibility index (Phi) is 10.6. The van der Waals surface area contributed by atoms with Crippen molar-refractivity contribution in [3.8, 4) is 17.0 Å². The van der Waals surface area contributed by atoms with Gasteiger partial charge in [0, 0.05) is 25.2 Å². The van der Waals surface area contributed by atoms with Crippen molar-refractivity contribution in [3.05, 3.63) is 71.9 Å². The predicted octanol–water partition coefficient (Wildman–Crippen LogP) is 8.04. The van der Waals surface area contributed by atoms with Crippen molar-refractivity contribution in [1.29, 1.82) is 0 Å². The second-order valence-electron chi connectivity index (χ2n) is 9.39. The van der Waals surface area contributed by atoms with Gasteiger partial charge in [-0.2, -0.15) is 22.8 Å². The number of hydrogen-bond acceptors (Lipinski definition) is 5. The van der Waals surface area contributed by atoms with Gasteiger partial charge in [0.15, 0.2) is 5.65 Å². The Hall–Kier alpha value is -3.75. The van der Waals surface area contributed by atoms with Crippen LogP contribution in [0.3, 0.4) is 0 Å². The van der Waals surface area contributed by atoms with Crippen LogP contribution in [0.15, 0.2) is 60.8 Å². The molecular weight excluding hydrogens is 503 g/mol. The lowest BCUT2D eigenvalue weighted by molar-refractivity contribution is -0.138. The summed E-state index contributed by atoms with van der Waals surface area (Å²) >= 11 is 0. The van der Waals surface area contributed by atoms with Crippen LogP contribution >= 0.6 is 0 Å². The standard InChI is InChI=1S/C21H29N5O.C9H9F3/c1-4-6-9-15(5-2)13-23-20-12-17(16-10-7-8-11-19(16)27)25-21-18(22-3)14-24-26(20)21;1-2-7-5-3-4-6-8(7)9(10,11)12/h7-8,10-12,14-15,22-23,27H,4-6,9,13H2,1-3H3;3-6H,2H2,1H3. The summed E-state index contributed by atoms with van der Waals surface area (Å²) < 4.78 is 38.5. The lowest BCUT2D eigenvalue weighted by Gasteiger charge is -2.17. The van der Waals surface area contributed by atoms with E-state index in [4.69, 9.17) is 4.98 Å². The van der Waals surface area contributed by atoms with Crippen molar-refractivity contribution < 1.29 is 18.3 Å². The van der Waals surface area contributed by atoms with Crippen LogP contribution in [0.2, 0.25) is 0 Å². The Labute approximate surface area is 228 Å². The largest absolute Gasteiger partial charge is 0.507 e. The van der Waals surface area contributed by atoms with Gasteiger partial charge >= 0.3 is 6.18 Å². The number of phenols is 1. The maximum Gasteiger partial charge on any atom is 0.416 e. The highest BCUT2D eigenvalue weighted by Crippen LogP contribution is 2.32. The topological polar surface area (TPSA) is 74.5 Å². The molecule has 2 aromatic heterocycles. The molecule has 0 bridgehead atoms. The number of nitrogens with one attached hydrogen (secondary N) is 2. The fourth-order valence-electron chi connectivity index (χ4n) is 4.39. The number of rotatable bonds is 10. The van der Waals surface area contributed by atoms with Crippen LogP contribution in [0.5, 0.6) is 5.75 Å². The molecular formula is C30H38F3N5O. The molecule has 4 aromatic rings. The molecule has 2 heterocycles. The number of aryl methyl sites for hydroxylation is 1. The van der Waals surface area contributed by atoms with E-state index in [1.165, 1.54) is 31.4 Å². The molecule has 4 rings (SSSR count). The van der Waals surface area contributed by atoms with E-state index in [1.54, 1.807) is 25.3 Å². The van der Waals surface area contributed by atoms with Gasteiger partial charge in [-0.1, -0.05) is 70.4 Å². The van der Waals surface area contributed by atoms with Gasteiger partial charge in [0.05, 0.1) is 23.1 Å². The number of para-hydroxylation sites is 1. The van der Waals surface area contributed by atoms with Gasteiger partial charge < -0.3 is 15.7 Å². The minimum atomic E-state index is -4.22. The number of hydrogen-bond donors (Lipinski definition) is 3. The molecule has 0 saturated heterocycles. The number of aromatic nitrogens is 3. The maximum absolute atomic E-state index is 12.2. The summed E-state index contributed by atoms with van der Waals surface area (Å²) in [6.07, 6.45) is 2.81. The van der Waals surface area contributed by atoms with Crippen LogP contribution in [0, 0.1) is 5.92 Å². The van der Waals surface area contributed by atoms with E-state index >= 15 is 0 Å². The molecule has 0 fully saturated rings. The van der Waals surface area contributed by atoms with Gasteiger partial charge in [0.2, 0.25) is 0 Å². The first-order valence-corrected chi connectivity index (χ1v) is 13.5. The summed E-state index contributed by atoms with van der Waals surface area (Å²) in [5.74, 6) is 1.73. The zero-order chi connectivity index (χ0) is 28.4. The highest BCUT2D eigenvalue weighted by molar-refractivity contribution is 5.76. The molecule has 210 valence electrons. The van der Waals surface area contributed by atoms with E-state index in [1.807, 2.05) is 35.8 Å². The first kappa shape index (κ1) is 29.8. The lowest BCUT2D eigenvalue weighted by atomic mass is 9.99. The van der Waals surface area contributed by atoms with Crippen LogP contribution in [-0.2, 0) is 12.6 Å². The van der Waals surface area contributed by atoms with Gasteiger partial charge in [-0.3, -0.25) is 0 Å². The van der Waals surface area contributed by atoms with Crippen molar-refractivity contribution in [3.63, 3.8) is 0 Å². The average Bonchev–Trinajstić information content (AvgIpc) is 3.36. The average molecular weight is 542 g/mol. The Morgan fingerprint density at radius 2 is 1.74 bits per heavy atom. The number of halogens is 3. The SMILES string of the molecule is CCCCC(CC)CNc1cc(-c2ccccc2O)nc2c(NC)cnn12.CCc1ccccc1C(F)(F)F. The molecule has 3 N–H and O–H groups in total. The Morgan fingerprint density at radius 3 is 2.36 bits per heavy atom. The highest BCUT2D eigenvalue weighted by Gasteiger charge is 2.32. The van der Waals surface area contributed by atoms with E-state index in [9.17, 15) is 18.3 Å². The fraction of sp³-hybridized carbons (Fsp3) is 0.400. The third kappa shape index (κ3) is 7.65.